The van der Waals surface area contributed by atoms with Crippen LogP contribution in [0, 0.1) is 0 Å². The van der Waals surface area contributed by atoms with Crippen molar-refractivity contribution in [3.63, 3.8) is 0 Å². The van der Waals surface area contributed by atoms with Crippen LogP contribution in [0.15, 0.2) is 48.5 Å². The van der Waals surface area contributed by atoms with Gasteiger partial charge in [0.15, 0.2) is 5.82 Å². The van der Waals surface area contributed by atoms with Crippen LogP contribution in [-0.4, -0.2) is 42.6 Å². The van der Waals surface area contributed by atoms with Crippen molar-refractivity contribution in [2.45, 2.75) is 13.5 Å². The smallest absolute Gasteiger partial charge is 0.256 e. The Balaban J connectivity index is 1.90. The molecule has 0 amide bonds. The maximum absolute atomic E-state index is 12.4. The van der Waals surface area contributed by atoms with E-state index in [9.17, 15) is 8.42 Å². The van der Waals surface area contributed by atoms with Gasteiger partial charge < -0.3 is 14.8 Å². The van der Waals surface area contributed by atoms with Crippen LogP contribution in [0.1, 0.15) is 12.5 Å². The molecule has 1 heterocycles. The minimum Gasteiger partial charge on any atom is -0.497 e. The molecule has 0 atom stereocenters. The van der Waals surface area contributed by atoms with Crippen LogP contribution in [0.3, 0.4) is 0 Å². The summed E-state index contributed by atoms with van der Waals surface area (Å²) in [6.45, 7) is 1.96. The molecule has 3 rings (SSSR count). The molecule has 0 aliphatic rings. The Kier molecular flexibility index (Phi) is 5.84. The normalized spacial score (nSPS) is 11.2. The lowest BCUT2D eigenvalue weighted by atomic mass is 10.2. The summed E-state index contributed by atoms with van der Waals surface area (Å²) in [6.07, 6.45) is 0. The van der Waals surface area contributed by atoms with Gasteiger partial charge in [0.05, 0.1) is 20.0 Å². The van der Waals surface area contributed by atoms with Crippen LogP contribution in [-0.2, 0) is 16.6 Å². The second-order valence-corrected chi connectivity index (χ2v) is 8.02. The first kappa shape index (κ1) is 19.7. The van der Waals surface area contributed by atoms with E-state index in [1.807, 2.05) is 24.3 Å². The molecule has 0 spiro atoms. The molecule has 1 N–H and O–H groups in total. The Labute approximate surface area is 164 Å². The zero-order chi connectivity index (χ0) is 20.1. The Morgan fingerprint density at radius 3 is 2.07 bits per heavy atom. The molecular weight excluding hydrogens is 380 g/mol. The summed E-state index contributed by atoms with van der Waals surface area (Å²) in [7, 11) is -0.424. The fraction of sp³-hybridized carbons (Fsp3) is 0.263. The van der Waals surface area contributed by atoms with Crippen molar-refractivity contribution >= 4 is 16.0 Å². The van der Waals surface area contributed by atoms with Crippen LogP contribution >= 0.6 is 0 Å². The number of aromatic nitrogens is 3. The number of methoxy groups -OCH3 is 2. The Morgan fingerprint density at radius 1 is 0.964 bits per heavy atom. The monoisotopic (exact) mass is 402 g/mol. The molecule has 1 aromatic heterocycles. The van der Waals surface area contributed by atoms with Crippen molar-refractivity contribution in [3.05, 3.63) is 54.1 Å². The number of rotatable bonds is 8. The molecule has 8 nitrogen and oxygen atoms in total. The van der Waals surface area contributed by atoms with Crippen LogP contribution in [0.4, 0.5) is 5.95 Å². The lowest BCUT2D eigenvalue weighted by Crippen LogP contribution is -2.19. The van der Waals surface area contributed by atoms with Gasteiger partial charge in [-0.3, -0.25) is 0 Å². The highest BCUT2D eigenvalue weighted by Gasteiger charge is 2.20. The second-order valence-electron chi connectivity index (χ2n) is 5.93. The summed E-state index contributed by atoms with van der Waals surface area (Å²) in [5.41, 5.74) is 1.65. The number of nitrogens with one attached hydrogen (secondary N) is 1. The highest BCUT2D eigenvalue weighted by atomic mass is 32.2. The zero-order valence-corrected chi connectivity index (χ0v) is 16.7. The van der Waals surface area contributed by atoms with E-state index < -0.39 is 10.0 Å². The summed E-state index contributed by atoms with van der Waals surface area (Å²) < 4.78 is 36.1. The van der Waals surface area contributed by atoms with Gasteiger partial charge in [0.1, 0.15) is 11.5 Å². The van der Waals surface area contributed by atoms with Gasteiger partial charge in [0, 0.05) is 12.1 Å². The summed E-state index contributed by atoms with van der Waals surface area (Å²) in [6, 6.07) is 14.6. The lowest BCUT2D eigenvalue weighted by molar-refractivity contribution is 0.414. The number of benzene rings is 2. The van der Waals surface area contributed by atoms with E-state index >= 15 is 0 Å². The van der Waals surface area contributed by atoms with Crippen LogP contribution in [0.5, 0.6) is 11.5 Å². The van der Waals surface area contributed by atoms with Gasteiger partial charge in [-0.25, -0.2) is 8.42 Å². The Hall–Kier alpha value is -3.07. The van der Waals surface area contributed by atoms with E-state index in [1.165, 1.54) is 0 Å². The van der Waals surface area contributed by atoms with E-state index in [0.29, 0.717) is 23.7 Å². The van der Waals surface area contributed by atoms with Crippen molar-refractivity contribution in [2.75, 3.05) is 25.3 Å². The molecule has 28 heavy (non-hydrogen) atoms. The average molecular weight is 402 g/mol. The standard InChI is InChI=1S/C19H22N4O4S/c1-4-28(24,25)23-19(20-13-14-5-9-16(26-2)10-6-14)21-18(22-23)15-7-11-17(27-3)12-8-15/h5-12H,4,13H2,1-3H3,(H,20,21,22). The van der Waals surface area contributed by atoms with Gasteiger partial charge in [-0.15, -0.1) is 9.19 Å². The highest BCUT2D eigenvalue weighted by Crippen LogP contribution is 2.22. The molecule has 148 valence electrons. The minimum atomic E-state index is -3.61. The summed E-state index contributed by atoms with van der Waals surface area (Å²) >= 11 is 0. The van der Waals surface area contributed by atoms with Gasteiger partial charge >= 0.3 is 0 Å². The highest BCUT2D eigenvalue weighted by molar-refractivity contribution is 7.89. The molecule has 9 heteroatoms. The number of nitrogens with zero attached hydrogens (tertiary/aromatic N) is 3. The Bertz CT molecular complexity index is 1030. The number of hydrogen-bond acceptors (Lipinski definition) is 7. The van der Waals surface area contributed by atoms with Crippen LogP contribution in [0.2, 0.25) is 0 Å². The van der Waals surface area contributed by atoms with Crippen molar-refractivity contribution < 1.29 is 17.9 Å². The average Bonchev–Trinajstić information content (AvgIpc) is 3.18. The van der Waals surface area contributed by atoms with Crippen molar-refractivity contribution in [1.29, 1.82) is 0 Å². The summed E-state index contributed by atoms with van der Waals surface area (Å²) in [5, 5.41) is 7.28. The van der Waals surface area contributed by atoms with Crippen molar-refractivity contribution in [3.8, 4) is 22.9 Å². The number of hydrogen-bond donors (Lipinski definition) is 1. The first-order chi connectivity index (χ1) is 13.5. The third-order valence-corrected chi connectivity index (χ3v) is 5.68. The lowest BCUT2D eigenvalue weighted by Gasteiger charge is -2.08. The van der Waals surface area contributed by atoms with Gasteiger partial charge in [-0.05, 0) is 48.9 Å². The predicted octanol–water partition coefficient (Wildman–Crippen LogP) is 2.77. The first-order valence-electron chi connectivity index (χ1n) is 8.68. The third-order valence-electron chi connectivity index (χ3n) is 4.16. The van der Waals surface area contributed by atoms with Gasteiger partial charge in [-0.1, -0.05) is 12.1 Å². The molecule has 0 aliphatic heterocycles. The second kappa shape index (κ2) is 8.30. The molecule has 3 aromatic rings. The maximum atomic E-state index is 12.4. The molecular formula is C19H22N4O4S. The minimum absolute atomic E-state index is 0.0877. The van der Waals surface area contributed by atoms with Gasteiger partial charge in [0.25, 0.3) is 10.0 Å². The van der Waals surface area contributed by atoms with Gasteiger partial charge in [0.2, 0.25) is 5.95 Å². The van der Waals surface area contributed by atoms with E-state index in [1.54, 1.807) is 45.4 Å². The molecule has 0 fully saturated rings. The SMILES string of the molecule is CCS(=O)(=O)n1nc(-c2ccc(OC)cc2)nc1NCc1ccc(OC)cc1. The van der Waals surface area contributed by atoms with E-state index in [-0.39, 0.29) is 11.7 Å². The molecule has 0 unspecified atom stereocenters. The molecule has 0 radical (unpaired) electrons. The number of anilines is 1. The van der Waals surface area contributed by atoms with Crippen molar-refractivity contribution in [1.82, 2.24) is 14.2 Å². The van der Waals surface area contributed by atoms with E-state index in [4.69, 9.17) is 9.47 Å². The largest absolute Gasteiger partial charge is 0.497 e. The fourth-order valence-corrected chi connectivity index (χ4v) is 3.32. The van der Waals surface area contributed by atoms with Crippen LogP contribution in [0.25, 0.3) is 11.4 Å². The van der Waals surface area contributed by atoms with Gasteiger partial charge in [-0.2, -0.15) is 4.98 Å². The van der Waals surface area contributed by atoms with Crippen LogP contribution < -0.4 is 14.8 Å². The van der Waals surface area contributed by atoms with Crippen molar-refractivity contribution in [2.24, 2.45) is 0 Å². The zero-order valence-electron chi connectivity index (χ0n) is 15.9. The Morgan fingerprint density at radius 2 is 1.54 bits per heavy atom. The number of ether oxygens (including phenoxy) is 2. The summed E-state index contributed by atoms with van der Waals surface area (Å²) in [4.78, 5) is 4.40. The topological polar surface area (TPSA) is 95.3 Å². The molecule has 0 aliphatic carbocycles. The molecule has 2 aromatic carbocycles. The first-order valence-corrected chi connectivity index (χ1v) is 10.3. The summed E-state index contributed by atoms with van der Waals surface area (Å²) in [5.74, 6) is 1.85. The van der Waals surface area contributed by atoms with E-state index in [2.05, 4.69) is 15.4 Å². The fourth-order valence-electron chi connectivity index (χ4n) is 2.51. The quantitative estimate of drug-likeness (QED) is 0.619. The third kappa shape index (κ3) is 4.25. The van der Waals surface area contributed by atoms with E-state index in [0.717, 1.165) is 15.4 Å². The molecule has 0 saturated carbocycles. The molecule has 0 bridgehead atoms. The predicted molar refractivity (Wildman–Crippen MR) is 107 cm³/mol. The molecule has 0 saturated heterocycles. The maximum Gasteiger partial charge on any atom is 0.256 e.